The van der Waals surface area contributed by atoms with Crippen LogP contribution in [0.4, 0.5) is 22.0 Å². The fourth-order valence-corrected chi connectivity index (χ4v) is 8.54. The normalized spacial score (nSPS) is 17.0. The van der Waals surface area contributed by atoms with Crippen molar-refractivity contribution in [2.75, 3.05) is 45.6 Å². The fraction of sp³-hybridized carbons (Fsp3) is 0.395. The van der Waals surface area contributed by atoms with Crippen LogP contribution in [0, 0.1) is 24.5 Å². The molecule has 1 fully saturated rings. The Bertz CT molecular complexity index is 1840. The molecule has 6 rings (SSSR count). The quantitative estimate of drug-likeness (QED) is 0.128. The van der Waals surface area contributed by atoms with Gasteiger partial charge in [-0.05, 0) is 80.1 Å². The lowest BCUT2D eigenvalue weighted by Gasteiger charge is -2.32. The molecule has 11 heteroatoms. The van der Waals surface area contributed by atoms with E-state index in [0.717, 1.165) is 57.1 Å². The van der Waals surface area contributed by atoms with Crippen molar-refractivity contribution in [2.45, 2.75) is 49.9 Å². The van der Waals surface area contributed by atoms with Gasteiger partial charge >= 0.3 is 6.18 Å². The first kappa shape index (κ1) is 35.2. The van der Waals surface area contributed by atoms with Crippen molar-refractivity contribution in [3.05, 3.63) is 117 Å². The summed E-state index contributed by atoms with van der Waals surface area (Å²) in [5, 5.41) is 3.97. The summed E-state index contributed by atoms with van der Waals surface area (Å²) >= 11 is 1.36. The van der Waals surface area contributed by atoms with Gasteiger partial charge < -0.3 is 15.0 Å². The van der Waals surface area contributed by atoms with E-state index in [0.29, 0.717) is 40.9 Å². The lowest BCUT2D eigenvalue weighted by molar-refractivity contribution is -0.138. The van der Waals surface area contributed by atoms with Crippen LogP contribution in [0.2, 0.25) is 0 Å². The van der Waals surface area contributed by atoms with E-state index in [4.69, 9.17) is 4.74 Å². The van der Waals surface area contributed by atoms with E-state index in [1.54, 1.807) is 17.6 Å². The average Bonchev–Trinajstić information content (AvgIpc) is 3.51. The van der Waals surface area contributed by atoms with Gasteiger partial charge in [-0.1, -0.05) is 48.5 Å². The van der Waals surface area contributed by atoms with Crippen LogP contribution < -0.4 is 15.6 Å². The third-order valence-corrected chi connectivity index (χ3v) is 11.1. The zero-order chi connectivity index (χ0) is 34.7. The number of methoxy groups -OCH3 is 1. The number of nitrogens with one attached hydrogen (secondary N) is 1. The summed E-state index contributed by atoms with van der Waals surface area (Å²) in [6.45, 7) is 5.64. The van der Waals surface area contributed by atoms with Crippen LogP contribution in [0.5, 0.6) is 5.75 Å². The van der Waals surface area contributed by atoms with E-state index in [-0.39, 0.29) is 22.9 Å². The van der Waals surface area contributed by atoms with Crippen LogP contribution in [0.1, 0.15) is 46.7 Å². The number of thioether (sulfide) groups is 1. The van der Waals surface area contributed by atoms with Gasteiger partial charge in [-0.15, -0.1) is 11.8 Å². The number of piperidine rings is 1. The number of halogens is 5. The second-order valence-corrected chi connectivity index (χ2v) is 13.9. The number of hydrogen-bond acceptors (Lipinski definition) is 5. The van der Waals surface area contributed by atoms with Crippen LogP contribution in [0.15, 0.2) is 76.6 Å². The number of aromatic nitrogens is 1. The summed E-state index contributed by atoms with van der Waals surface area (Å²) in [7, 11) is 1.32. The van der Waals surface area contributed by atoms with Gasteiger partial charge in [0.1, 0.15) is 5.82 Å². The van der Waals surface area contributed by atoms with E-state index in [2.05, 4.69) is 34.5 Å². The number of benzene rings is 3. The molecule has 1 saturated heterocycles. The minimum atomic E-state index is -4.78. The third kappa shape index (κ3) is 7.59. The molecule has 1 atom stereocenters. The van der Waals surface area contributed by atoms with Crippen LogP contribution in [-0.2, 0) is 19.0 Å². The largest absolute Gasteiger partial charge is 0.494 e. The highest BCUT2D eigenvalue weighted by molar-refractivity contribution is 7.99. The summed E-state index contributed by atoms with van der Waals surface area (Å²) in [6, 6.07) is 17.6. The van der Waals surface area contributed by atoms with Gasteiger partial charge in [0.2, 0.25) is 0 Å². The third-order valence-electron chi connectivity index (χ3n) is 9.80. The van der Waals surface area contributed by atoms with Gasteiger partial charge in [-0.2, -0.15) is 13.2 Å². The molecule has 1 aromatic heterocycles. The molecule has 0 aliphatic carbocycles. The molecule has 1 N–H and O–H groups in total. The van der Waals surface area contributed by atoms with Gasteiger partial charge in [0, 0.05) is 42.9 Å². The number of nitrogens with zero attached hydrogens (tertiary/aromatic N) is 2. The summed E-state index contributed by atoms with van der Waals surface area (Å²) in [4.78, 5) is 16.7. The standard InChI is InChI=1S/C38H40F5N3O2S/c1-24-29(21-30-31(38(41,42)43)11-7-12-32(30)39)37-46(36(47)34(24)28-10-6-13-33(48-2)35(28)40)27(23-49-37)22-44-16-19-45-17-14-26(15-18-45)20-25-8-4-3-5-9-25/h3-13,26-27,44H,14-23H2,1-2H3. The Morgan fingerprint density at radius 2 is 1.69 bits per heavy atom. The highest BCUT2D eigenvalue weighted by atomic mass is 32.2. The molecule has 1 unspecified atom stereocenters. The average molecular weight is 698 g/mol. The highest BCUT2D eigenvalue weighted by Gasteiger charge is 2.37. The van der Waals surface area contributed by atoms with Gasteiger partial charge in [0.25, 0.3) is 5.56 Å². The Kier molecular flexibility index (Phi) is 10.8. The zero-order valence-corrected chi connectivity index (χ0v) is 28.4. The Balaban J connectivity index is 1.23. The second-order valence-electron chi connectivity index (χ2n) is 12.9. The monoisotopic (exact) mass is 697 g/mol. The molecular weight excluding hydrogens is 657 g/mol. The maximum absolute atomic E-state index is 15.7. The number of alkyl halides is 3. The molecule has 3 heterocycles. The molecule has 5 nitrogen and oxygen atoms in total. The first-order chi connectivity index (χ1) is 23.6. The second kappa shape index (κ2) is 15.1. The number of fused-ring (bicyclic) bond motifs is 1. The van der Waals surface area contributed by atoms with E-state index >= 15 is 8.78 Å². The smallest absolute Gasteiger partial charge is 0.416 e. The Hall–Kier alpha value is -3.67. The number of hydrogen-bond donors (Lipinski definition) is 1. The predicted octanol–water partition coefficient (Wildman–Crippen LogP) is 7.91. The number of rotatable bonds is 11. The molecule has 2 aliphatic rings. The van der Waals surface area contributed by atoms with E-state index < -0.39 is 40.9 Å². The molecule has 0 amide bonds. The van der Waals surface area contributed by atoms with Crippen LogP contribution >= 0.6 is 11.8 Å². The summed E-state index contributed by atoms with van der Waals surface area (Å²) < 4.78 is 79.6. The van der Waals surface area contributed by atoms with Crippen LogP contribution in [0.25, 0.3) is 11.1 Å². The van der Waals surface area contributed by atoms with Gasteiger partial charge in [0.15, 0.2) is 11.6 Å². The number of pyridine rings is 1. The molecule has 260 valence electrons. The minimum absolute atomic E-state index is 0.0118. The van der Waals surface area contributed by atoms with E-state index in [1.807, 2.05) is 6.07 Å². The highest BCUT2D eigenvalue weighted by Crippen LogP contribution is 2.42. The number of likely N-dealkylation sites (tertiary alicyclic amines) is 1. The first-order valence-corrected chi connectivity index (χ1v) is 17.6. The lowest BCUT2D eigenvalue weighted by atomic mass is 9.90. The fourth-order valence-electron chi connectivity index (χ4n) is 7.15. The SMILES string of the molecule is COc1cccc(-c2c(C)c(Cc3c(F)cccc3C(F)(F)F)c3n(c2=O)C(CNCCN2CCC(Cc4ccccc4)CC2)CS3)c1F. The molecular formula is C38H40F5N3O2S. The molecule has 0 radical (unpaired) electrons. The van der Waals surface area contributed by atoms with E-state index in [9.17, 15) is 18.0 Å². The van der Waals surface area contributed by atoms with Crippen molar-refractivity contribution in [3.8, 4) is 16.9 Å². The Labute approximate surface area is 287 Å². The van der Waals surface area contributed by atoms with Crippen LogP contribution in [-0.4, -0.2) is 55.1 Å². The zero-order valence-electron chi connectivity index (χ0n) is 27.6. The summed E-state index contributed by atoms with van der Waals surface area (Å²) in [5.74, 6) is -0.630. The number of ether oxygens (including phenoxy) is 1. The molecule has 3 aromatic carbocycles. The van der Waals surface area contributed by atoms with Gasteiger partial charge in [-0.25, -0.2) is 8.78 Å². The topological polar surface area (TPSA) is 46.5 Å². The minimum Gasteiger partial charge on any atom is -0.494 e. The Morgan fingerprint density at radius 1 is 0.959 bits per heavy atom. The maximum atomic E-state index is 15.7. The van der Waals surface area contributed by atoms with Crippen molar-refractivity contribution in [2.24, 2.45) is 5.92 Å². The van der Waals surface area contributed by atoms with Gasteiger partial charge in [-0.3, -0.25) is 9.36 Å². The maximum Gasteiger partial charge on any atom is 0.416 e. The van der Waals surface area contributed by atoms with E-state index in [1.165, 1.54) is 36.6 Å². The molecule has 0 spiro atoms. The molecule has 0 bridgehead atoms. The molecule has 2 aliphatic heterocycles. The summed E-state index contributed by atoms with van der Waals surface area (Å²) in [5.41, 5.74) is 0.0637. The predicted molar refractivity (Wildman–Crippen MR) is 184 cm³/mol. The van der Waals surface area contributed by atoms with Crippen molar-refractivity contribution >= 4 is 11.8 Å². The summed E-state index contributed by atoms with van der Waals surface area (Å²) in [6.07, 6.45) is -1.81. The van der Waals surface area contributed by atoms with Crippen molar-refractivity contribution in [3.63, 3.8) is 0 Å². The Morgan fingerprint density at radius 3 is 2.41 bits per heavy atom. The first-order valence-electron chi connectivity index (χ1n) is 16.6. The van der Waals surface area contributed by atoms with Crippen molar-refractivity contribution in [1.29, 1.82) is 0 Å². The van der Waals surface area contributed by atoms with Gasteiger partial charge in [0.05, 0.1) is 29.3 Å². The van der Waals surface area contributed by atoms with Crippen molar-refractivity contribution < 1.29 is 26.7 Å². The van der Waals surface area contributed by atoms with Crippen LogP contribution in [0.3, 0.4) is 0 Å². The molecule has 0 saturated carbocycles. The molecule has 49 heavy (non-hydrogen) atoms. The lowest BCUT2D eigenvalue weighted by Crippen LogP contribution is -2.40. The van der Waals surface area contributed by atoms with Crippen molar-refractivity contribution in [1.82, 2.24) is 14.8 Å². The molecule has 4 aromatic rings.